The highest BCUT2D eigenvalue weighted by Gasteiger charge is 2.45. The van der Waals surface area contributed by atoms with Gasteiger partial charge in [0.25, 0.3) is 11.7 Å². The molecule has 1 amide bonds. The van der Waals surface area contributed by atoms with Gasteiger partial charge in [0.15, 0.2) is 0 Å². The van der Waals surface area contributed by atoms with Crippen LogP contribution in [0.1, 0.15) is 28.4 Å². The number of H-pyrrole nitrogens is 1. The average Bonchev–Trinajstić information content (AvgIpc) is 3.35. The van der Waals surface area contributed by atoms with E-state index < -0.39 is 17.7 Å². The second-order valence-electron chi connectivity index (χ2n) is 8.80. The zero-order chi connectivity index (χ0) is 25.4. The third-order valence-electron chi connectivity index (χ3n) is 6.72. The molecule has 7 heteroatoms. The number of aryl methyl sites for hydroxylation is 1. The van der Waals surface area contributed by atoms with Gasteiger partial charge in [-0.05, 0) is 66.9 Å². The lowest BCUT2D eigenvalue weighted by atomic mass is 9.95. The Morgan fingerprint density at radius 3 is 2.42 bits per heavy atom. The van der Waals surface area contributed by atoms with Crippen molar-refractivity contribution in [1.82, 2.24) is 9.88 Å². The molecule has 1 fully saturated rings. The highest BCUT2D eigenvalue weighted by molar-refractivity contribution is 6.46. The number of fused-ring (bicyclic) bond motifs is 1. The number of nitrogens with one attached hydrogen (secondary N) is 1. The molecule has 1 saturated heterocycles. The lowest BCUT2D eigenvalue weighted by Gasteiger charge is -2.25. The number of para-hydroxylation sites is 1. The molecule has 1 aliphatic heterocycles. The maximum atomic E-state index is 13.3. The topological polar surface area (TPSA) is 82.6 Å². The van der Waals surface area contributed by atoms with Gasteiger partial charge in [-0.2, -0.15) is 0 Å². The van der Waals surface area contributed by atoms with Gasteiger partial charge in [0, 0.05) is 33.7 Å². The molecule has 1 atom stereocenters. The number of likely N-dealkylation sites (tertiary alicyclic amines) is 1. The molecule has 0 unspecified atom stereocenters. The summed E-state index contributed by atoms with van der Waals surface area (Å²) in [6.07, 6.45) is 0.551. The van der Waals surface area contributed by atoms with Gasteiger partial charge in [-0.15, -0.1) is 0 Å². The Hall–Kier alpha value is -4.03. The van der Waals surface area contributed by atoms with Gasteiger partial charge in [0.2, 0.25) is 0 Å². The molecular weight excluding hydrogens is 476 g/mol. The van der Waals surface area contributed by atoms with Gasteiger partial charge < -0.3 is 19.7 Å². The molecule has 182 valence electrons. The van der Waals surface area contributed by atoms with E-state index in [1.165, 1.54) is 0 Å². The number of ketones is 1. The van der Waals surface area contributed by atoms with Crippen LogP contribution in [0.2, 0.25) is 5.02 Å². The van der Waals surface area contributed by atoms with Crippen LogP contribution in [-0.4, -0.2) is 40.3 Å². The number of carbonyl (C=O) groups is 2. The van der Waals surface area contributed by atoms with Gasteiger partial charge in [-0.1, -0.05) is 41.9 Å². The summed E-state index contributed by atoms with van der Waals surface area (Å²) in [4.78, 5) is 31.5. The molecule has 6 nitrogen and oxygen atoms in total. The van der Waals surface area contributed by atoms with E-state index in [4.69, 9.17) is 16.3 Å². The van der Waals surface area contributed by atoms with Crippen LogP contribution in [0.5, 0.6) is 5.75 Å². The summed E-state index contributed by atoms with van der Waals surface area (Å²) in [6.45, 7) is 2.31. The fourth-order valence-corrected chi connectivity index (χ4v) is 5.02. The van der Waals surface area contributed by atoms with Gasteiger partial charge in [0.1, 0.15) is 11.5 Å². The summed E-state index contributed by atoms with van der Waals surface area (Å²) < 4.78 is 5.20. The lowest BCUT2D eigenvalue weighted by Crippen LogP contribution is -2.31. The SMILES string of the molecule is COc1ccc(C(O)=C2C(=O)C(=O)N(CCc3c(C)[nH]c4ccccc34)[C@H]2c2ccc(Cl)cc2)cc1. The van der Waals surface area contributed by atoms with Crippen molar-refractivity contribution in [3.05, 3.63) is 106 Å². The number of amides is 1. The number of rotatable bonds is 6. The summed E-state index contributed by atoms with van der Waals surface area (Å²) in [5.74, 6) is -0.946. The van der Waals surface area contributed by atoms with Crippen molar-refractivity contribution in [3.63, 3.8) is 0 Å². The highest BCUT2D eigenvalue weighted by atomic mass is 35.5. The number of aromatic amines is 1. The molecule has 0 radical (unpaired) electrons. The Kier molecular flexibility index (Phi) is 6.29. The van der Waals surface area contributed by atoms with Crippen LogP contribution in [0, 0.1) is 6.92 Å². The summed E-state index contributed by atoms with van der Waals surface area (Å²) in [5, 5.41) is 12.9. The fourth-order valence-electron chi connectivity index (χ4n) is 4.90. The number of hydrogen-bond acceptors (Lipinski definition) is 4. The number of methoxy groups -OCH3 is 1. The minimum absolute atomic E-state index is 0.0585. The van der Waals surface area contributed by atoms with Crippen molar-refractivity contribution in [2.45, 2.75) is 19.4 Å². The van der Waals surface area contributed by atoms with E-state index in [2.05, 4.69) is 4.98 Å². The first-order valence-corrected chi connectivity index (χ1v) is 12.0. The molecule has 1 aliphatic rings. The lowest BCUT2D eigenvalue weighted by molar-refractivity contribution is -0.139. The standard InChI is InChI=1S/C29H25ClN2O4/c1-17-22(23-5-3-4-6-24(23)31-17)15-16-32-26(18-7-11-20(30)12-8-18)25(28(34)29(32)35)27(33)19-9-13-21(36-2)14-10-19/h3-14,26,31,33H,15-16H2,1-2H3/t26-/m0/s1. The van der Waals surface area contributed by atoms with Crippen molar-refractivity contribution in [3.8, 4) is 5.75 Å². The fraction of sp³-hybridized carbons (Fsp3) is 0.172. The number of aromatic nitrogens is 1. The van der Waals surface area contributed by atoms with E-state index in [1.807, 2.05) is 31.2 Å². The normalized spacial score (nSPS) is 17.2. The first kappa shape index (κ1) is 23.7. The van der Waals surface area contributed by atoms with Crippen molar-refractivity contribution in [1.29, 1.82) is 0 Å². The number of Topliss-reactive ketones (excluding diaryl/α,β-unsaturated/α-hetero) is 1. The van der Waals surface area contributed by atoms with Gasteiger partial charge in [0.05, 0.1) is 18.7 Å². The van der Waals surface area contributed by atoms with Crippen LogP contribution in [-0.2, 0) is 16.0 Å². The van der Waals surface area contributed by atoms with Crippen LogP contribution >= 0.6 is 11.6 Å². The first-order valence-electron chi connectivity index (χ1n) is 11.6. The van der Waals surface area contributed by atoms with Crippen molar-refractivity contribution >= 4 is 40.0 Å². The molecular formula is C29H25ClN2O4. The second kappa shape index (κ2) is 9.55. The molecule has 0 spiro atoms. The van der Waals surface area contributed by atoms with E-state index in [0.717, 1.165) is 22.2 Å². The molecule has 36 heavy (non-hydrogen) atoms. The van der Waals surface area contributed by atoms with Crippen molar-refractivity contribution in [2.24, 2.45) is 0 Å². The zero-order valence-electron chi connectivity index (χ0n) is 19.9. The quantitative estimate of drug-likeness (QED) is 0.199. The third-order valence-corrected chi connectivity index (χ3v) is 6.97. The van der Waals surface area contributed by atoms with E-state index in [-0.39, 0.29) is 11.3 Å². The van der Waals surface area contributed by atoms with Crippen LogP contribution in [0.15, 0.2) is 78.4 Å². The predicted molar refractivity (Wildman–Crippen MR) is 140 cm³/mol. The van der Waals surface area contributed by atoms with E-state index in [0.29, 0.717) is 34.9 Å². The number of carbonyl (C=O) groups excluding carboxylic acids is 2. The molecule has 0 aliphatic carbocycles. The molecule has 4 aromatic rings. The number of nitrogens with zero attached hydrogens (tertiary/aromatic N) is 1. The number of aliphatic hydroxyl groups is 1. The number of benzene rings is 3. The Bertz CT molecular complexity index is 1490. The second-order valence-corrected chi connectivity index (χ2v) is 9.23. The van der Waals surface area contributed by atoms with Gasteiger partial charge in [-0.25, -0.2) is 0 Å². The zero-order valence-corrected chi connectivity index (χ0v) is 20.7. The molecule has 2 N–H and O–H groups in total. The largest absolute Gasteiger partial charge is 0.507 e. The Balaban J connectivity index is 1.57. The maximum absolute atomic E-state index is 13.3. The summed E-state index contributed by atoms with van der Waals surface area (Å²) >= 11 is 6.11. The molecule has 0 saturated carbocycles. The van der Waals surface area contributed by atoms with E-state index in [9.17, 15) is 14.7 Å². The monoisotopic (exact) mass is 500 g/mol. The van der Waals surface area contributed by atoms with Gasteiger partial charge in [-0.3, -0.25) is 9.59 Å². The Labute approximate surface area is 213 Å². The Morgan fingerprint density at radius 1 is 1.03 bits per heavy atom. The van der Waals surface area contributed by atoms with Gasteiger partial charge >= 0.3 is 0 Å². The van der Waals surface area contributed by atoms with E-state index in [1.54, 1.807) is 60.5 Å². The smallest absolute Gasteiger partial charge is 0.295 e. The summed E-state index contributed by atoms with van der Waals surface area (Å²) in [6, 6.07) is 21.0. The summed E-state index contributed by atoms with van der Waals surface area (Å²) in [5.41, 5.74) is 4.33. The number of hydrogen-bond donors (Lipinski definition) is 2. The maximum Gasteiger partial charge on any atom is 0.295 e. The molecule has 2 heterocycles. The molecule has 0 bridgehead atoms. The molecule has 3 aromatic carbocycles. The van der Waals surface area contributed by atoms with Crippen molar-refractivity contribution in [2.75, 3.05) is 13.7 Å². The molecule has 1 aromatic heterocycles. The van der Waals surface area contributed by atoms with Crippen LogP contribution in [0.25, 0.3) is 16.7 Å². The third kappa shape index (κ3) is 4.14. The van der Waals surface area contributed by atoms with Crippen molar-refractivity contribution < 1.29 is 19.4 Å². The molecule has 5 rings (SSSR count). The van der Waals surface area contributed by atoms with E-state index >= 15 is 0 Å². The minimum atomic E-state index is -0.741. The number of aliphatic hydroxyl groups excluding tert-OH is 1. The highest BCUT2D eigenvalue weighted by Crippen LogP contribution is 2.40. The minimum Gasteiger partial charge on any atom is -0.507 e. The predicted octanol–water partition coefficient (Wildman–Crippen LogP) is 5.80. The van der Waals surface area contributed by atoms with Crippen LogP contribution in [0.4, 0.5) is 0 Å². The average molecular weight is 501 g/mol. The van der Waals surface area contributed by atoms with Crippen LogP contribution < -0.4 is 4.74 Å². The number of halogens is 1. The first-order chi connectivity index (χ1) is 17.4. The summed E-state index contributed by atoms with van der Waals surface area (Å²) in [7, 11) is 1.55. The Morgan fingerprint density at radius 2 is 1.72 bits per heavy atom. The number of ether oxygens (including phenoxy) is 1. The van der Waals surface area contributed by atoms with Crippen LogP contribution in [0.3, 0.4) is 0 Å².